The molecule has 2 N–H and O–H groups in total. The van der Waals surface area contributed by atoms with E-state index in [0.717, 1.165) is 12.0 Å². The predicted molar refractivity (Wildman–Crippen MR) is 141 cm³/mol. The van der Waals surface area contributed by atoms with Gasteiger partial charge >= 0.3 is 0 Å². The molecule has 4 aromatic rings. The third kappa shape index (κ3) is 9.90. The van der Waals surface area contributed by atoms with Crippen LogP contribution in [0.2, 0.25) is 0 Å². The van der Waals surface area contributed by atoms with Gasteiger partial charge in [-0.2, -0.15) is 0 Å². The van der Waals surface area contributed by atoms with E-state index in [-0.39, 0.29) is 0 Å². The molecule has 0 spiro atoms. The lowest BCUT2D eigenvalue weighted by Crippen LogP contribution is -1.93. The number of allylic oxidation sites excluding steroid dienone is 2. The van der Waals surface area contributed by atoms with Crippen molar-refractivity contribution in [3.63, 3.8) is 0 Å². The molecule has 0 saturated carbocycles. The Bertz CT molecular complexity index is 971. The molecule has 2 heteroatoms. The molecule has 0 bridgehead atoms. The Morgan fingerprint density at radius 3 is 1.75 bits per heavy atom. The fourth-order valence-electron chi connectivity index (χ4n) is 2.77. The van der Waals surface area contributed by atoms with Crippen LogP contribution in [-0.2, 0) is 6.42 Å². The molecule has 1 aromatic heterocycles. The minimum absolute atomic E-state index is 0.557. The van der Waals surface area contributed by atoms with E-state index in [0.29, 0.717) is 5.71 Å². The van der Waals surface area contributed by atoms with Crippen LogP contribution in [0.3, 0.4) is 0 Å². The highest BCUT2D eigenvalue weighted by Crippen LogP contribution is 2.14. The number of aromatic amines is 1. The average Bonchev–Trinajstić information content (AvgIpc) is 3.44. The Morgan fingerprint density at radius 1 is 0.688 bits per heavy atom. The van der Waals surface area contributed by atoms with Crippen molar-refractivity contribution in [3.8, 4) is 11.3 Å². The maximum Gasteiger partial charge on any atom is 0.0609 e. The molecule has 0 saturated heterocycles. The van der Waals surface area contributed by atoms with Gasteiger partial charge < -0.3 is 10.4 Å². The van der Waals surface area contributed by atoms with Crippen LogP contribution in [0.4, 0.5) is 0 Å². The van der Waals surface area contributed by atoms with Gasteiger partial charge in [0.1, 0.15) is 0 Å². The van der Waals surface area contributed by atoms with Gasteiger partial charge in [-0.05, 0) is 41.3 Å². The molecular weight excluding hydrogens is 388 g/mol. The molecule has 0 unspecified atom stereocenters. The standard InChI is InChI=1S/C16H15N.C10H9N.2C2H6/c17-16(15-11-5-2-6-12-15)13-7-10-14-8-3-1-4-9-14;1-2-5-9(6-3-1)10-7-4-8-11-10;2*1-2/h1-9,11-13,17H,10H2;1-8,11H;2*1-2H3/b13-7-,17-16?;;;. The molecule has 0 fully saturated rings. The van der Waals surface area contributed by atoms with E-state index in [1.807, 2.05) is 119 Å². The first kappa shape index (κ1) is 26.4. The van der Waals surface area contributed by atoms with E-state index in [2.05, 4.69) is 35.3 Å². The summed E-state index contributed by atoms with van der Waals surface area (Å²) in [7, 11) is 0. The van der Waals surface area contributed by atoms with Gasteiger partial charge in [0.25, 0.3) is 0 Å². The quantitative estimate of drug-likeness (QED) is 0.301. The van der Waals surface area contributed by atoms with Gasteiger partial charge in [0.15, 0.2) is 0 Å². The van der Waals surface area contributed by atoms with Crippen LogP contribution in [0.25, 0.3) is 11.3 Å². The van der Waals surface area contributed by atoms with Crippen LogP contribution in [0.1, 0.15) is 38.8 Å². The SMILES string of the molecule is CC.CC.N=C(/C=C\Cc1ccccc1)c1ccccc1.c1ccc(-c2ccc[nH]2)cc1. The maximum absolute atomic E-state index is 7.91. The fourth-order valence-corrected chi connectivity index (χ4v) is 2.77. The summed E-state index contributed by atoms with van der Waals surface area (Å²) in [6.07, 6.45) is 6.70. The molecule has 0 aliphatic heterocycles. The molecule has 166 valence electrons. The summed E-state index contributed by atoms with van der Waals surface area (Å²) in [5.74, 6) is 0. The first-order valence-corrected chi connectivity index (χ1v) is 11.4. The summed E-state index contributed by atoms with van der Waals surface area (Å²) in [4.78, 5) is 3.15. The number of benzene rings is 3. The Morgan fingerprint density at radius 2 is 1.22 bits per heavy atom. The molecule has 1 heterocycles. The number of rotatable bonds is 5. The van der Waals surface area contributed by atoms with Crippen LogP contribution < -0.4 is 0 Å². The Labute approximate surface area is 194 Å². The van der Waals surface area contributed by atoms with Crippen LogP contribution in [0.5, 0.6) is 0 Å². The van der Waals surface area contributed by atoms with Crippen LogP contribution >= 0.6 is 0 Å². The summed E-state index contributed by atoms with van der Waals surface area (Å²) in [5, 5.41) is 7.91. The molecule has 0 aliphatic rings. The van der Waals surface area contributed by atoms with Crippen molar-refractivity contribution in [2.24, 2.45) is 0 Å². The minimum Gasteiger partial charge on any atom is -0.361 e. The number of hydrogen-bond acceptors (Lipinski definition) is 1. The van der Waals surface area contributed by atoms with E-state index in [4.69, 9.17) is 5.41 Å². The third-order valence-corrected chi connectivity index (χ3v) is 4.25. The zero-order valence-corrected chi connectivity index (χ0v) is 19.8. The number of hydrogen-bond donors (Lipinski definition) is 2. The first-order valence-electron chi connectivity index (χ1n) is 11.4. The molecule has 3 aromatic carbocycles. The van der Waals surface area contributed by atoms with Gasteiger partial charge in [0, 0.05) is 11.9 Å². The monoisotopic (exact) mass is 424 g/mol. The zero-order valence-electron chi connectivity index (χ0n) is 19.8. The Hall–Kier alpha value is -3.65. The Balaban J connectivity index is 0.000000294. The van der Waals surface area contributed by atoms with E-state index >= 15 is 0 Å². The molecule has 0 amide bonds. The van der Waals surface area contributed by atoms with Crippen LogP contribution in [0.15, 0.2) is 121 Å². The maximum atomic E-state index is 7.91. The molecule has 32 heavy (non-hydrogen) atoms. The lowest BCUT2D eigenvalue weighted by molar-refractivity contribution is 1.27. The second-order valence-electron chi connectivity index (χ2n) is 6.32. The number of nitrogens with one attached hydrogen (secondary N) is 2. The largest absolute Gasteiger partial charge is 0.361 e. The first-order chi connectivity index (χ1) is 15.8. The zero-order chi connectivity index (χ0) is 23.4. The molecule has 2 nitrogen and oxygen atoms in total. The summed E-state index contributed by atoms with van der Waals surface area (Å²) in [6.45, 7) is 8.00. The van der Waals surface area contributed by atoms with Crippen LogP contribution in [-0.4, -0.2) is 10.7 Å². The summed E-state index contributed by atoms with van der Waals surface area (Å²) in [6, 6.07) is 34.4. The van der Waals surface area contributed by atoms with Crippen molar-refractivity contribution >= 4 is 5.71 Å². The minimum atomic E-state index is 0.557. The van der Waals surface area contributed by atoms with Crippen molar-refractivity contribution in [1.82, 2.24) is 4.98 Å². The number of H-pyrrole nitrogens is 1. The van der Waals surface area contributed by atoms with Crippen molar-refractivity contribution < 1.29 is 0 Å². The highest BCUT2D eigenvalue weighted by Gasteiger charge is 1.95. The highest BCUT2D eigenvalue weighted by atomic mass is 14.7. The van der Waals surface area contributed by atoms with Gasteiger partial charge in [-0.1, -0.05) is 125 Å². The van der Waals surface area contributed by atoms with Gasteiger partial charge in [0.2, 0.25) is 0 Å². The van der Waals surface area contributed by atoms with Crippen molar-refractivity contribution in [3.05, 3.63) is 133 Å². The van der Waals surface area contributed by atoms with Crippen molar-refractivity contribution in [2.75, 3.05) is 0 Å². The van der Waals surface area contributed by atoms with E-state index in [1.54, 1.807) is 0 Å². The molecule has 0 aliphatic carbocycles. The van der Waals surface area contributed by atoms with Gasteiger partial charge in [-0.25, -0.2) is 0 Å². The fraction of sp³-hybridized carbons (Fsp3) is 0.167. The van der Waals surface area contributed by atoms with Gasteiger partial charge in [-0.3, -0.25) is 0 Å². The summed E-state index contributed by atoms with van der Waals surface area (Å²) in [5.41, 5.74) is 5.19. The van der Waals surface area contributed by atoms with Crippen molar-refractivity contribution in [2.45, 2.75) is 34.1 Å². The summed E-state index contributed by atoms with van der Waals surface area (Å²) >= 11 is 0. The smallest absolute Gasteiger partial charge is 0.0609 e. The Kier molecular flexibility index (Phi) is 14.1. The topological polar surface area (TPSA) is 39.6 Å². The summed E-state index contributed by atoms with van der Waals surface area (Å²) < 4.78 is 0. The molecular formula is C30H36N2. The van der Waals surface area contributed by atoms with Gasteiger partial charge in [-0.15, -0.1) is 0 Å². The van der Waals surface area contributed by atoms with Gasteiger partial charge in [0.05, 0.1) is 5.71 Å². The normalized spacial score (nSPS) is 9.38. The second kappa shape index (κ2) is 17.1. The second-order valence-corrected chi connectivity index (χ2v) is 6.32. The van der Waals surface area contributed by atoms with E-state index < -0.39 is 0 Å². The van der Waals surface area contributed by atoms with E-state index in [1.165, 1.54) is 16.8 Å². The average molecular weight is 425 g/mol. The lowest BCUT2D eigenvalue weighted by atomic mass is 10.1. The lowest BCUT2D eigenvalue weighted by Gasteiger charge is -1.98. The third-order valence-electron chi connectivity index (χ3n) is 4.25. The molecule has 0 atom stereocenters. The van der Waals surface area contributed by atoms with Crippen molar-refractivity contribution in [1.29, 1.82) is 5.41 Å². The highest BCUT2D eigenvalue weighted by molar-refractivity contribution is 6.06. The van der Waals surface area contributed by atoms with Crippen LogP contribution in [0, 0.1) is 5.41 Å². The van der Waals surface area contributed by atoms with E-state index in [9.17, 15) is 0 Å². The number of aromatic nitrogens is 1. The molecule has 0 radical (unpaired) electrons. The predicted octanol–water partition coefficient (Wildman–Crippen LogP) is 8.59. The molecule has 4 rings (SSSR count).